The van der Waals surface area contributed by atoms with Crippen molar-refractivity contribution in [3.8, 4) is 0 Å². The van der Waals surface area contributed by atoms with E-state index in [1.165, 1.54) is 4.90 Å². The average Bonchev–Trinajstić information content (AvgIpc) is 2.53. The van der Waals surface area contributed by atoms with E-state index in [1.807, 2.05) is 0 Å². The summed E-state index contributed by atoms with van der Waals surface area (Å²) in [5.41, 5.74) is 0. The predicted molar refractivity (Wildman–Crippen MR) is 54.0 cm³/mol. The highest BCUT2D eigenvalue weighted by atomic mass is 16.4. The number of carboxylic acids is 1. The van der Waals surface area contributed by atoms with Gasteiger partial charge in [-0.1, -0.05) is 12.8 Å². The monoisotopic (exact) mass is 226 g/mol. The van der Waals surface area contributed by atoms with Crippen LogP contribution in [0, 0.1) is 0 Å². The first-order valence-electron chi connectivity index (χ1n) is 5.64. The molecule has 1 rings (SSSR count). The lowest BCUT2D eigenvalue weighted by molar-refractivity contribution is -0.305. The molecule has 16 heavy (non-hydrogen) atoms. The highest BCUT2D eigenvalue weighted by Crippen LogP contribution is 2.13. The van der Waals surface area contributed by atoms with Crippen molar-refractivity contribution >= 4 is 17.8 Å². The molecule has 1 fully saturated rings. The number of amides is 2. The van der Waals surface area contributed by atoms with Crippen molar-refractivity contribution in [3.05, 3.63) is 0 Å². The van der Waals surface area contributed by atoms with Crippen LogP contribution in [0.1, 0.15) is 44.9 Å². The van der Waals surface area contributed by atoms with E-state index in [0.29, 0.717) is 25.8 Å². The molecule has 1 aliphatic heterocycles. The number of unbranched alkanes of at least 4 members (excludes halogenated alkanes) is 3. The molecule has 2 amide bonds. The zero-order valence-corrected chi connectivity index (χ0v) is 9.24. The van der Waals surface area contributed by atoms with Crippen LogP contribution in [0.4, 0.5) is 0 Å². The lowest BCUT2D eigenvalue weighted by Crippen LogP contribution is -2.29. The van der Waals surface area contributed by atoms with E-state index in [-0.39, 0.29) is 18.2 Å². The molecule has 0 aliphatic carbocycles. The standard InChI is InChI=1S/C11H17NO4/c13-9-6-7-10(14)12(9)8-4-2-1-3-5-11(15)16/h1-8H2,(H,15,16)/p-1. The minimum Gasteiger partial charge on any atom is -0.550 e. The molecule has 1 heterocycles. The number of carbonyl (C=O) groups is 3. The first kappa shape index (κ1) is 12.7. The Balaban J connectivity index is 2.05. The largest absolute Gasteiger partial charge is 0.550 e. The van der Waals surface area contributed by atoms with Gasteiger partial charge in [-0.05, 0) is 19.3 Å². The van der Waals surface area contributed by atoms with Gasteiger partial charge in [0.2, 0.25) is 11.8 Å². The fourth-order valence-corrected chi connectivity index (χ4v) is 1.77. The lowest BCUT2D eigenvalue weighted by Gasteiger charge is -2.13. The molecule has 0 bridgehead atoms. The molecule has 0 unspecified atom stereocenters. The molecule has 5 nitrogen and oxygen atoms in total. The molecule has 0 saturated carbocycles. The topological polar surface area (TPSA) is 77.5 Å². The molecule has 1 aliphatic rings. The molecule has 0 atom stereocenters. The Kier molecular flexibility index (Phi) is 4.95. The second-order valence-corrected chi connectivity index (χ2v) is 3.98. The average molecular weight is 226 g/mol. The zero-order valence-electron chi connectivity index (χ0n) is 9.24. The first-order chi connectivity index (χ1) is 7.61. The Bertz CT molecular complexity index is 272. The summed E-state index contributed by atoms with van der Waals surface area (Å²) in [6.45, 7) is 0.475. The number of carboxylic acid groups (broad SMARTS) is 1. The highest BCUT2D eigenvalue weighted by molar-refractivity contribution is 6.01. The molecule has 0 aromatic rings. The van der Waals surface area contributed by atoms with Crippen LogP contribution in [0.25, 0.3) is 0 Å². The van der Waals surface area contributed by atoms with Gasteiger partial charge in [-0.25, -0.2) is 0 Å². The molecular formula is C11H16NO4-. The third-order valence-electron chi connectivity index (χ3n) is 2.67. The number of hydrogen-bond donors (Lipinski definition) is 0. The van der Waals surface area contributed by atoms with Crippen LogP contribution in [-0.4, -0.2) is 29.2 Å². The molecule has 90 valence electrons. The number of hydrogen-bond acceptors (Lipinski definition) is 4. The van der Waals surface area contributed by atoms with Gasteiger partial charge < -0.3 is 9.90 Å². The number of carbonyl (C=O) groups excluding carboxylic acids is 3. The SMILES string of the molecule is O=C([O-])CCCCCCN1C(=O)CCC1=O. The van der Waals surface area contributed by atoms with Crippen molar-refractivity contribution in [3.63, 3.8) is 0 Å². The Morgan fingerprint density at radius 1 is 1.06 bits per heavy atom. The molecule has 5 heteroatoms. The van der Waals surface area contributed by atoms with Crippen molar-refractivity contribution in [2.75, 3.05) is 6.54 Å². The third kappa shape index (κ3) is 4.00. The molecule has 0 radical (unpaired) electrons. The van der Waals surface area contributed by atoms with Crippen LogP contribution in [0.15, 0.2) is 0 Å². The summed E-state index contributed by atoms with van der Waals surface area (Å²) in [6.07, 6.45) is 3.75. The van der Waals surface area contributed by atoms with Gasteiger partial charge in [0.05, 0.1) is 0 Å². The predicted octanol–water partition coefficient (Wildman–Crippen LogP) is -0.164. The third-order valence-corrected chi connectivity index (χ3v) is 2.67. The first-order valence-corrected chi connectivity index (χ1v) is 5.64. The van der Waals surface area contributed by atoms with Crippen molar-refractivity contribution in [1.82, 2.24) is 4.90 Å². The molecule has 0 N–H and O–H groups in total. The van der Waals surface area contributed by atoms with E-state index in [0.717, 1.165) is 19.3 Å². The van der Waals surface area contributed by atoms with Gasteiger partial charge in [-0.2, -0.15) is 0 Å². The van der Waals surface area contributed by atoms with Crippen molar-refractivity contribution in [2.24, 2.45) is 0 Å². The maximum atomic E-state index is 11.2. The van der Waals surface area contributed by atoms with Crippen molar-refractivity contribution < 1.29 is 19.5 Å². The molecule has 0 aromatic carbocycles. The van der Waals surface area contributed by atoms with Gasteiger partial charge in [0.15, 0.2) is 0 Å². The smallest absolute Gasteiger partial charge is 0.229 e. The quantitative estimate of drug-likeness (QED) is 0.446. The summed E-state index contributed by atoms with van der Waals surface area (Å²) >= 11 is 0. The fourth-order valence-electron chi connectivity index (χ4n) is 1.77. The van der Waals surface area contributed by atoms with E-state index in [1.54, 1.807) is 0 Å². The van der Waals surface area contributed by atoms with E-state index >= 15 is 0 Å². The van der Waals surface area contributed by atoms with Gasteiger partial charge in [0, 0.05) is 25.4 Å². The van der Waals surface area contributed by atoms with Crippen LogP contribution in [0.3, 0.4) is 0 Å². The van der Waals surface area contributed by atoms with Crippen LogP contribution in [-0.2, 0) is 14.4 Å². The van der Waals surface area contributed by atoms with Crippen LogP contribution in [0.2, 0.25) is 0 Å². The summed E-state index contributed by atoms with van der Waals surface area (Å²) in [6, 6.07) is 0. The fraction of sp³-hybridized carbons (Fsp3) is 0.727. The Labute approximate surface area is 94.4 Å². The summed E-state index contributed by atoms with van der Waals surface area (Å²) in [5.74, 6) is -1.19. The van der Waals surface area contributed by atoms with Gasteiger partial charge >= 0.3 is 0 Å². The Morgan fingerprint density at radius 3 is 2.19 bits per heavy atom. The number of imide groups is 1. The second-order valence-electron chi connectivity index (χ2n) is 3.98. The second kappa shape index (κ2) is 6.25. The zero-order chi connectivity index (χ0) is 12.0. The van der Waals surface area contributed by atoms with Crippen LogP contribution < -0.4 is 5.11 Å². The maximum absolute atomic E-state index is 11.2. The normalized spacial score (nSPS) is 15.9. The Hall–Kier alpha value is -1.39. The molecule has 0 aromatic heterocycles. The van der Waals surface area contributed by atoms with Gasteiger partial charge in [-0.15, -0.1) is 0 Å². The molecular weight excluding hydrogens is 210 g/mol. The van der Waals surface area contributed by atoms with Gasteiger partial charge in [0.1, 0.15) is 0 Å². The molecule has 0 spiro atoms. The van der Waals surface area contributed by atoms with E-state index in [4.69, 9.17) is 0 Å². The Morgan fingerprint density at radius 2 is 1.62 bits per heavy atom. The van der Waals surface area contributed by atoms with Gasteiger partial charge in [-0.3, -0.25) is 14.5 Å². The summed E-state index contributed by atoms with van der Waals surface area (Å²) in [4.78, 5) is 33.8. The van der Waals surface area contributed by atoms with E-state index < -0.39 is 5.97 Å². The highest BCUT2D eigenvalue weighted by Gasteiger charge is 2.27. The number of aliphatic carboxylic acids is 1. The summed E-state index contributed by atoms with van der Waals surface area (Å²) in [5, 5.41) is 10.1. The lowest BCUT2D eigenvalue weighted by atomic mass is 10.1. The van der Waals surface area contributed by atoms with E-state index in [9.17, 15) is 19.5 Å². The maximum Gasteiger partial charge on any atom is 0.229 e. The summed E-state index contributed by atoms with van der Waals surface area (Å²) < 4.78 is 0. The van der Waals surface area contributed by atoms with Crippen molar-refractivity contribution in [2.45, 2.75) is 44.9 Å². The number of likely N-dealkylation sites (tertiary alicyclic amines) is 1. The van der Waals surface area contributed by atoms with E-state index in [2.05, 4.69) is 0 Å². The van der Waals surface area contributed by atoms with Gasteiger partial charge in [0.25, 0.3) is 0 Å². The minimum atomic E-state index is -1.02. The minimum absolute atomic E-state index is 0.0836. The van der Waals surface area contributed by atoms with Crippen LogP contribution in [0.5, 0.6) is 0 Å². The van der Waals surface area contributed by atoms with Crippen molar-refractivity contribution in [1.29, 1.82) is 0 Å². The summed E-state index contributed by atoms with van der Waals surface area (Å²) in [7, 11) is 0. The van der Waals surface area contributed by atoms with Crippen LogP contribution >= 0.6 is 0 Å². The molecule has 1 saturated heterocycles. The number of nitrogens with zero attached hydrogens (tertiary/aromatic N) is 1. The number of rotatable bonds is 7.